The minimum absolute atomic E-state index is 0. The van der Waals surface area contributed by atoms with Gasteiger partial charge in [-0.15, -0.1) is 0 Å². The van der Waals surface area contributed by atoms with Crippen molar-refractivity contribution >= 4 is 10.1 Å². The van der Waals surface area contributed by atoms with Gasteiger partial charge in [-0.2, -0.15) is 0 Å². The molecule has 1 aromatic carbocycles. The standard InChI is InChI=1S/C9H12O3S.2Na.H2O2/c1-7(2)8-5-3-4-6-9(8)13(10,11)12;;;1-2/h3-7H,1-2H3,(H,10,11,12);;;1-2H/q;2*+1;/p-2. The first-order valence-corrected chi connectivity index (χ1v) is 5.57. The van der Waals surface area contributed by atoms with Gasteiger partial charge >= 0.3 is 59.1 Å². The summed E-state index contributed by atoms with van der Waals surface area (Å²) in [6.45, 7) is 3.70. The van der Waals surface area contributed by atoms with Gasteiger partial charge in [0.2, 0.25) is 0 Å². The number of hydrogen-bond donors (Lipinski definition) is 1. The van der Waals surface area contributed by atoms with Gasteiger partial charge in [-0.05, 0) is 17.5 Å². The molecule has 0 saturated carbocycles. The fraction of sp³-hybridized carbons (Fsp3) is 0.333. The van der Waals surface area contributed by atoms with E-state index in [4.69, 9.17) is 10.5 Å². The van der Waals surface area contributed by atoms with Crippen LogP contribution in [0.5, 0.6) is 0 Å². The van der Waals surface area contributed by atoms with Crippen molar-refractivity contribution in [3.05, 3.63) is 29.8 Å². The van der Waals surface area contributed by atoms with Crippen molar-refractivity contribution in [3.8, 4) is 0 Å². The van der Waals surface area contributed by atoms with Crippen LogP contribution in [0, 0.1) is 0 Å². The smallest absolute Gasteiger partial charge is 0.744 e. The number of hydrogen-bond acceptors (Lipinski definition) is 5. The van der Waals surface area contributed by atoms with Crippen molar-refractivity contribution < 1.29 is 82.6 Å². The third-order valence-corrected chi connectivity index (χ3v) is 2.72. The molecular weight excluding hydrogens is 266 g/mol. The van der Waals surface area contributed by atoms with Crippen LogP contribution in [-0.4, -0.2) is 18.2 Å². The van der Waals surface area contributed by atoms with E-state index in [0.29, 0.717) is 5.56 Å². The Morgan fingerprint density at radius 2 is 1.53 bits per heavy atom. The third kappa shape index (κ3) is 7.94. The average molecular weight is 278 g/mol. The van der Waals surface area contributed by atoms with E-state index in [0.717, 1.165) is 0 Å². The molecule has 5 nitrogen and oxygen atoms in total. The molecule has 86 valence electrons. The van der Waals surface area contributed by atoms with Crippen molar-refractivity contribution in [1.29, 1.82) is 0 Å². The van der Waals surface area contributed by atoms with Gasteiger partial charge in [0.1, 0.15) is 10.1 Å². The summed E-state index contributed by atoms with van der Waals surface area (Å²) < 4.78 is 32.4. The van der Waals surface area contributed by atoms with Crippen LogP contribution in [0.4, 0.5) is 0 Å². The Kier molecular flexibility index (Phi) is 14.9. The van der Waals surface area contributed by atoms with Crippen LogP contribution in [0.3, 0.4) is 0 Å². The molecule has 0 fully saturated rings. The number of benzene rings is 1. The van der Waals surface area contributed by atoms with Gasteiger partial charge < -0.3 is 15.1 Å². The van der Waals surface area contributed by atoms with E-state index in [-0.39, 0.29) is 69.9 Å². The van der Waals surface area contributed by atoms with Crippen LogP contribution in [0.25, 0.3) is 0 Å². The van der Waals surface area contributed by atoms with E-state index in [9.17, 15) is 13.0 Å². The quantitative estimate of drug-likeness (QED) is 0.252. The van der Waals surface area contributed by atoms with Crippen molar-refractivity contribution in [2.75, 3.05) is 0 Å². The Balaban J connectivity index is -0.000000464. The molecule has 1 N–H and O–H groups in total. The van der Waals surface area contributed by atoms with Gasteiger partial charge in [0.05, 0.1) is 4.90 Å². The fourth-order valence-electron chi connectivity index (χ4n) is 1.19. The molecule has 1 rings (SSSR count). The van der Waals surface area contributed by atoms with Crippen molar-refractivity contribution in [1.82, 2.24) is 0 Å². The Bertz CT molecular complexity index is 406. The zero-order chi connectivity index (χ0) is 12.1. The molecule has 0 aliphatic rings. The monoisotopic (exact) mass is 278 g/mol. The minimum Gasteiger partial charge on any atom is -0.744 e. The largest absolute Gasteiger partial charge is 1.00 e. The van der Waals surface area contributed by atoms with Crippen LogP contribution in [0.1, 0.15) is 25.3 Å². The second-order valence-electron chi connectivity index (χ2n) is 3.15. The first-order valence-electron chi connectivity index (χ1n) is 4.16. The summed E-state index contributed by atoms with van der Waals surface area (Å²) >= 11 is 0. The van der Waals surface area contributed by atoms with E-state index in [2.05, 4.69) is 0 Å². The molecule has 0 aliphatic heterocycles. The molecule has 0 heterocycles. The van der Waals surface area contributed by atoms with Crippen LogP contribution in [0.15, 0.2) is 29.2 Å². The molecule has 0 aliphatic carbocycles. The van der Waals surface area contributed by atoms with Crippen molar-refractivity contribution in [3.63, 3.8) is 0 Å². The zero-order valence-corrected chi connectivity index (χ0v) is 15.2. The minimum atomic E-state index is -4.33. The molecule has 0 unspecified atom stereocenters. The second kappa shape index (κ2) is 10.9. The van der Waals surface area contributed by atoms with E-state index in [1.165, 1.54) is 6.07 Å². The molecule has 17 heavy (non-hydrogen) atoms. The Morgan fingerprint density at radius 3 is 1.82 bits per heavy atom. The fourth-order valence-corrected chi connectivity index (χ4v) is 2.02. The molecule has 0 radical (unpaired) electrons. The predicted molar refractivity (Wildman–Crippen MR) is 51.1 cm³/mol. The Hall–Kier alpha value is 1.05. The van der Waals surface area contributed by atoms with Gasteiger partial charge in [-0.25, -0.2) is 8.42 Å². The van der Waals surface area contributed by atoms with Crippen LogP contribution < -0.4 is 64.4 Å². The Labute approximate surface area is 146 Å². The van der Waals surface area contributed by atoms with E-state index in [1.807, 2.05) is 13.8 Å². The van der Waals surface area contributed by atoms with Gasteiger partial charge in [-0.1, -0.05) is 32.0 Å². The molecule has 0 amide bonds. The average Bonchev–Trinajstić information content (AvgIpc) is 2.19. The normalized spacial score (nSPS) is 9.53. The van der Waals surface area contributed by atoms with E-state index < -0.39 is 10.1 Å². The maximum atomic E-state index is 10.8. The molecule has 1 aromatic rings. The third-order valence-electron chi connectivity index (χ3n) is 1.81. The Morgan fingerprint density at radius 1 is 1.12 bits per heavy atom. The van der Waals surface area contributed by atoms with Gasteiger partial charge in [0.25, 0.3) is 0 Å². The molecule has 0 aromatic heterocycles. The molecule has 0 spiro atoms. The molecule has 0 saturated heterocycles. The van der Waals surface area contributed by atoms with Gasteiger partial charge in [0.15, 0.2) is 0 Å². The predicted octanol–water partition coefficient (Wildman–Crippen LogP) is -5.46. The van der Waals surface area contributed by atoms with Crippen LogP contribution in [0.2, 0.25) is 0 Å². The van der Waals surface area contributed by atoms with E-state index >= 15 is 0 Å². The molecule has 0 bridgehead atoms. The maximum absolute atomic E-state index is 10.8. The summed E-state index contributed by atoms with van der Waals surface area (Å²) in [5.41, 5.74) is 0.581. The summed E-state index contributed by atoms with van der Waals surface area (Å²) in [7, 11) is -4.33. The molecule has 0 atom stereocenters. The molecular formula is C9H12Na2O5S. The first-order chi connectivity index (χ1) is 6.93. The number of rotatable bonds is 2. The van der Waals surface area contributed by atoms with Crippen molar-refractivity contribution in [2.45, 2.75) is 24.7 Å². The topological polar surface area (TPSA) is 100 Å². The summed E-state index contributed by atoms with van der Waals surface area (Å²) in [5, 5.41) is 13.0. The van der Waals surface area contributed by atoms with Crippen molar-refractivity contribution in [2.24, 2.45) is 0 Å². The van der Waals surface area contributed by atoms with Gasteiger partial charge in [0, 0.05) is 0 Å². The SMILES string of the molecule is CC(C)c1ccccc1S(=O)(=O)[O-].[Na+].[Na+].[O-]O. The van der Waals surface area contributed by atoms with Gasteiger partial charge in [-0.3, -0.25) is 0 Å². The summed E-state index contributed by atoms with van der Waals surface area (Å²) in [4.78, 5) is -0.106. The van der Waals surface area contributed by atoms with Crippen LogP contribution in [-0.2, 0) is 10.1 Å². The van der Waals surface area contributed by atoms with E-state index in [1.54, 1.807) is 18.2 Å². The zero-order valence-electron chi connectivity index (χ0n) is 10.4. The summed E-state index contributed by atoms with van der Waals surface area (Å²) in [6.07, 6.45) is 0. The van der Waals surface area contributed by atoms with Crippen LogP contribution >= 0.6 is 0 Å². The summed E-state index contributed by atoms with van der Waals surface area (Å²) in [5.74, 6) is 0.0416. The second-order valence-corrected chi connectivity index (χ2v) is 4.49. The summed E-state index contributed by atoms with van der Waals surface area (Å²) in [6, 6.07) is 6.29. The molecule has 8 heteroatoms. The first kappa shape index (κ1) is 23.2. The maximum Gasteiger partial charge on any atom is 1.00 e.